The van der Waals surface area contributed by atoms with Crippen molar-refractivity contribution in [2.45, 2.75) is 17.9 Å². The number of carbonyl (C=O) groups excluding carboxylic acids is 1. The third-order valence-electron chi connectivity index (χ3n) is 2.01. The van der Waals surface area contributed by atoms with Crippen LogP contribution in [0.5, 0.6) is 0 Å². The van der Waals surface area contributed by atoms with E-state index in [0.717, 1.165) is 31.4 Å². The molecule has 0 saturated carbocycles. The molecule has 0 aliphatic rings. The van der Waals surface area contributed by atoms with E-state index in [2.05, 4.69) is 9.46 Å². The Balaban J connectivity index is 2.89. The highest BCUT2D eigenvalue weighted by Gasteiger charge is 2.22. The predicted molar refractivity (Wildman–Crippen MR) is 58.2 cm³/mol. The second-order valence-corrected chi connectivity index (χ2v) is 5.03. The molecule has 1 atom stereocenters. The molecule has 0 amide bonds. The molecule has 0 heterocycles. The Kier molecular flexibility index (Phi) is 4.19. The highest BCUT2D eigenvalue weighted by Crippen LogP contribution is 2.10. The Morgan fingerprint density at radius 2 is 1.88 bits per heavy atom. The molecule has 0 aliphatic carbocycles. The second kappa shape index (κ2) is 5.24. The summed E-state index contributed by atoms with van der Waals surface area (Å²) in [7, 11) is -2.69. The Morgan fingerprint density at radius 3 is 2.35 bits per heavy atom. The highest BCUT2D eigenvalue weighted by molar-refractivity contribution is 7.89. The third-order valence-corrected chi connectivity index (χ3v) is 3.57. The molecule has 1 aromatic rings. The van der Waals surface area contributed by atoms with Crippen LogP contribution in [0.2, 0.25) is 0 Å². The summed E-state index contributed by atoms with van der Waals surface area (Å²) in [4.78, 5) is 10.9. The number of hydrogen-bond acceptors (Lipinski definition) is 4. The van der Waals surface area contributed by atoms with Gasteiger partial charge in [0.1, 0.15) is 11.9 Å². The molecule has 7 heteroatoms. The van der Waals surface area contributed by atoms with E-state index in [1.54, 1.807) is 0 Å². The highest BCUT2D eigenvalue weighted by atomic mass is 32.2. The number of sulfonamides is 1. The van der Waals surface area contributed by atoms with Gasteiger partial charge in [0.15, 0.2) is 0 Å². The molecule has 5 nitrogen and oxygen atoms in total. The molecule has 0 saturated heterocycles. The number of rotatable bonds is 4. The lowest BCUT2D eigenvalue weighted by atomic mass is 10.4. The fourth-order valence-electron chi connectivity index (χ4n) is 1.14. The minimum Gasteiger partial charge on any atom is -0.468 e. The first-order chi connectivity index (χ1) is 7.86. The molecule has 0 aromatic heterocycles. The Morgan fingerprint density at radius 1 is 1.35 bits per heavy atom. The number of ether oxygens (including phenoxy) is 1. The SMILES string of the molecule is COC(=O)[C@H](C)NS(=O)(=O)c1ccc(F)cc1. The quantitative estimate of drug-likeness (QED) is 0.808. The van der Waals surface area contributed by atoms with Crippen molar-refractivity contribution >= 4 is 16.0 Å². The summed E-state index contributed by atoms with van der Waals surface area (Å²) in [6.07, 6.45) is 0. The van der Waals surface area contributed by atoms with E-state index < -0.39 is 27.9 Å². The molecule has 17 heavy (non-hydrogen) atoms. The molecule has 0 spiro atoms. The topological polar surface area (TPSA) is 72.5 Å². The van der Waals surface area contributed by atoms with Gasteiger partial charge >= 0.3 is 5.97 Å². The predicted octanol–water partition coefficient (Wildman–Crippen LogP) is 0.665. The van der Waals surface area contributed by atoms with Gasteiger partial charge in [-0.3, -0.25) is 4.79 Å². The maximum absolute atomic E-state index is 12.6. The molecule has 1 N–H and O–H groups in total. The fraction of sp³-hybridized carbons (Fsp3) is 0.300. The molecule has 1 aromatic carbocycles. The van der Waals surface area contributed by atoms with Crippen LogP contribution in [0.15, 0.2) is 29.2 Å². The van der Waals surface area contributed by atoms with Crippen molar-refractivity contribution in [3.63, 3.8) is 0 Å². The van der Waals surface area contributed by atoms with Crippen molar-refractivity contribution in [1.29, 1.82) is 0 Å². The lowest BCUT2D eigenvalue weighted by Crippen LogP contribution is -2.39. The number of hydrogen-bond donors (Lipinski definition) is 1. The van der Waals surface area contributed by atoms with E-state index in [9.17, 15) is 17.6 Å². The number of methoxy groups -OCH3 is 1. The van der Waals surface area contributed by atoms with Crippen LogP contribution in [-0.4, -0.2) is 27.5 Å². The fourth-order valence-corrected chi connectivity index (χ4v) is 2.33. The van der Waals surface area contributed by atoms with Crippen molar-refractivity contribution in [2.75, 3.05) is 7.11 Å². The van der Waals surface area contributed by atoms with Crippen molar-refractivity contribution in [3.8, 4) is 0 Å². The first-order valence-electron chi connectivity index (χ1n) is 4.72. The van der Waals surface area contributed by atoms with Crippen molar-refractivity contribution < 1.29 is 22.3 Å². The molecule has 94 valence electrons. The van der Waals surface area contributed by atoms with Gasteiger partial charge in [0.05, 0.1) is 12.0 Å². The van der Waals surface area contributed by atoms with Gasteiger partial charge in [0, 0.05) is 0 Å². The number of halogens is 1. The van der Waals surface area contributed by atoms with Gasteiger partial charge in [-0.1, -0.05) is 0 Å². The summed E-state index contributed by atoms with van der Waals surface area (Å²) in [5, 5.41) is 0. The van der Waals surface area contributed by atoms with Gasteiger partial charge in [-0.2, -0.15) is 4.72 Å². The second-order valence-electron chi connectivity index (χ2n) is 3.32. The van der Waals surface area contributed by atoms with Gasteiger partial charge in [-0.05, 0) is 31.2 Å². The van der Waals surface area contributed by atoms with Crippen LogP contribution in [-0.2, 0) is 19.6 Å². The summed E-state index contributed by atoms with van der Waals surface area (Å²) < 4.78 is 42.6. The zero-order valence-corrected chi connectivity index (χ0v) is 10.1. The van der Waals surface area contributed by atoms with Crippen LogP contribution >= 0.6 is 0 Å². The smallest absolute Gasteiger partial charge is 0.323 e. The molecule has 0 unspecified atom stereocenters. The summed E-state index contributed by atoms with van der Waals surface area (Å²) in [6.45, 7) is 1.35. The van der Waals surface area contributed by atoms with E-state index in [-0.39, 0.29) is 4.90 Å². The first-order valence-corrected chi connectivity index (χ1v) is 6.21. The normalized spacial score (nSPS) is 13.1. The average Bonchev–Trinajstić information content (AvgIpc) is 2.27. The molecule has 0 bridgehead atoms. The van der Waals surface area contributed by atoms with Crippen molar-refractivity contribution in [1.82, 2.24) is 4.72 Å². The van der Waals surface area contributed by atoms with Crippen LogP contribution in [0.1, 0.15) is 6.92 Å². The minimum atomic E-state index is -3.85. The average molecular weight is 261 g/mol. The van der Waals surface area contributed by atoms with Gasteiger partial charge in [-0.15, -0.1) is 0 Å². The van der Waals surface area contributed by atoms with E-state index in [0.29, 0.717) is 0 Å². The Bertz CT molecular complexity index is 498. The van der Waals surface area contributed by atoms with Gasteiger partial charge in [-0.25, -0.2) is 12.8 Å². The van der Waals surface area contributed by atoms with Gasteiger partial charge < -0.3 is 4.74 Å². The number of esters is 1. The number of benzene rings is 1. The van der Waals surface area contributed by atoms with Gasteiger partial charge in [0.2, 0.25) is 10.0 Å². The summed E-state index contributed by atoms with van der Waals surface area (Å²) >= 11 is 0. The molecule has 0 aliphatic heterocycles. The van der Waals surface area contributed by atoms with Crippen molar-refractivity contribution in [2.24, 2.45) is 0 Å². The Labute approximate surface area is 98.6 Å². The van der Waals surface area contributed by atoms with E-state index in [4.69, 9.17) is 0 Å². The number of carbonyl (C=O) groups is 1. The van der Waals surface area contributed by atoms with Crippen LogP contribution in [0.25, 0.3) is 0 Å². The standard InChI is InChI=1S/C10H12FNO4S/c1-7(10(13)16-2)12-17(14,15)9-5-3-8(11)4-6-9/h3-7,12H,1-2H3/t7-/m0/s1. The maximum atomic E-state index is 12.6. The third kappa shape index (κ3) is 3.50. The first kappa shape index (κ1) is 13.6. The minimum absolute atomic E-state index is 0.116. The summed E-state index contributed by atoms with van der Waals surface area (Å²) in [5.41, 5.74) is 0. The van der Waals surface area contributed by atoms with Crippen LogP contribution in [0.3, 0.4) is 0 Å². The van der Waals surface area contributed by atoms with Crippen molar-refractivity contribution in [3.05, 3.63) is 30.1 Å². The van der Waals surface area contributed by atoms with E-state index >= 15 is 0 Å². The molecule has 0 fully saturated rings. The monoisotopic (exact) mass is 261 g/mol. The zero-order valence-electron chi connectivity index (χ0n) is 9.31. The lowest BCUT2D eigenvalue weighted by molar-refractivity contribution is -0.142. The van der Waals surface area contributed by atoms with E-state index in [1.807, 2.05) is 0 Å². The van der Waals surface area contributed by atoms with Gasteiger partial charge in [0.25, 0.3) is 0 Å². The summed E-state index contributed by atoms with van der Waals surface area (Å²) in [5.74, 6) is -1.24. The van der Waals surface area contributed by atoms with Crippen LogP contribution in [0, 0.1) is 5.82 Å². The molecular formula is C10H12FNO4S. The maximum Gasteiger partial charge on any atom is 0.323 e. The Hall–Kier alpha value is -1.47. The van der Waals surface area contributed by atoms with E-state index in [1.165, 1.54) is 6.92 Å². The lowest BCUT2D eigenvalue weighted by Gasteiger charge is -2.11. The van der Waals surface area contributed by atoms with Crippen LogP contribution < -0.4 is 4.72 Å². The zero-order chi connectivity index (χ0) is 13.1. The van der Waals surface area contributed by atoms with Crippen LogP contribution in [0.4, 0.5) is 4.39 Å². The molecule has 0 radical (unpaired) electrons. The largest absolute Gasteiger partial charge is 0.468 e. The summed E-state index contributed by atoms with van der Waals surface area (Å²) in [6, 6.07) is 3.27. The number of nitrogens with one attached hydrogen (secondary N) is 1. The molecular weight excluding hydrogens is 249 g/mol. The molecule has 1 rings (SSSR count).